The molecular formula is C21H29N5. The Morgan fingerprint density at radius 1 is 0.769 bits per heavy atom. The van der Waals surface area contributed by atoms with Crippen LogP contribution < -0.4 is 15.1 Å². The Balaban J connectivity index is 1.47. The zero-order valence-electron chi connectivity index (χ0n) is 15.7. The Labute approximate surface area is 156 Å². The molecular weight excluding hydrogens is 322 g/mol. The number of piperidine rings is 2. The van der Waals surface area contributed by atoms with Gasteiger partial charge in [-0.2, -0.15) is 4.98 Å². The molecule has 0 radical (unpaired) electrons. The van der Waals surface area contributed by atoms with Crippen molar-refractivity contribution in [3.8, 4) is 0 Å². The molecule has 0 unspecified atom stereocenters. The first-order valence-electron chi connectivity index (χ1n) is 10.0. The van der Waals surface area contributed by atoms with Crippen LogP contribution in [0.2, 0.25) is 0 Å². The molecule has 26 heavy (non-hydrogen) atoms. The molecule has 0 aliphatic carbocycles. The van der Waals surface area contributed by atoms with Gasteiger partial charge in [0.2, 0.25) is 5.95 Å². The summed E-state index contributed by atoms with van der Waals surface area (Å²) >= 11 is 0. The summed E-state index contributed by atoms with van der Waals surface area (Å²) in [5, 5.41) is 3.39. The molecule has 4 rings (SSSR count). The molecule has 0 bridgehead atoms. The van der Waals surface area contributed by atoms with Crippen LogP contribution in [0.25, 0.3) is 0 Å². The van der Waals surface area contributed by atoms with Gasteiger partial charge in [0.05, 0.1) is 0 Å². The molecule has 5 nitrogen and oxygen atoms in total. The fourth-order valence-corrected chi connectivity index (χ4v) is 3.93. The zero-order valence-corrected chi connectivity index (χ0v) is 15.7. The third kappa shape index (κ3) is 4.09. The van der Waals surface area contributed by atoms with Gasteiger partial charge in [-0.05, 0) is 69.7 Å². The standard InChI is InChI=1S/C21H29N5/c1-17-16-20(26-14-6-3-7-15-26)24-21(22-17)23-18-8-10-19(11-9-18)25-12-4-2-5-13-25/h8-11,16H,2-7,12-15H2,1H3,(H,22,23,24). The molecule has 2 aliphatic heterocycles. The highest BCUT2D eigenvalue weighted by atomic mass is 15.2. The topological polar surface area (TPSA) is 44.3 Å². The summed E-state index contributed by atoms with van der Waals surface area (Å²) < 4.78 is 0. The van der Waals surface area contributed by atoms with Gasteiger partial charge in [-0.15, -0.1) is 0 Å². The number of hydrogen-bond acceptors (Lipinski definition) is 5. The van der Waals surface area contributed by atoms with E-state index in [2.05, 4.69) is 50.4 Å². The number of rotatable bonds is 4. The predicted molar refractivity (Wildman–Crippen MR) is 109 cm³/mol. The van der Waals surface area contributed by atoms with Gasteiger partial charge in [0.25, 0.3) is 0 Å². The van der Waals surface area contributed by atoms with Crippen molar-refractivity contribution < 1.29 is 0 Å². The van der Waals surface area contributed by atoms with Crippen LogP contribution in [-0.4, -0.2) is 36.1 Å². The average Bonchev–Trinajstić information content (AvgIpc) is 2.69. The first kappa shape index (κ1) is 17.1. The molecule has 1 aromatic carbocycles. The van der Waals surface area contributed by atoms with E-state index < -0.39 is 0 Å². The van der Waals surface area contributed by atoms with E-state index in [-0.39, 0.29) is 0 Å². The minimum Gasteiger partial charge on any atom is -0.372 e. The van der Waals surface area contributed by atoms with Gasteiger partial charge in [-0.3, -0.25) is 0 Å². The third-order valence-corrected chi connectivity index (χ3v) is 5.37. The summed E-state index contributed by atoms with van der Waals surface area (Å²) in [7, 11) is 0. The molecule has 2 aromatic rings. The van der Waals surface area contributed by atoms with Gasteiger partial charge in [0.1, 0.15) is 5.82 Å². The zero-order chi connectivity index (χ0) is 17.8. The summed E-state index contributed by atoms with van der Waals surface area (Å²) in [4.78, 5) is 14.2. The number of hydrogen-bond donors (Lipinski definition) is 1. The number of benzene rings is 1. The molecule has 0 atom stereocenters. The largest absolute Gasteiger partial charge is 0.372 e. The van der Waals surface area contributed by atoms with Crippen LogP contribution in [0.1, 0.15) is 44.2 Å². The monoisotopic (exact) mass is 351 g/mol. The van der Waals surface area contributed by atoms with Crippen molar-refractivity contribution in [2.24, 2.45) is 0 Å². The SMILES string of the molecule is Cc1cc(N2CCCCC2)nc(Nc2ccc(N3CCCCC3)cc2)n1. The lowest BCUT2D eigenvalue weighted by Crippen LogP contribution is -2.30. The predicted octanol–water partition coefficient (Wildman–Crippen LogP) is 4.51. The van der Waals surface area contributed by atoms with Crippen LogP contribution in [0.4, 0.5) is 23.1 Å². The summed E-state index contributed by atoms with van der Waals surface area (Å²) in [6.07, 6.45) is 7.80. The van der Waals surface area contributed by atoms with Crippen molar-refractivity contribution in [3.63, 3.8) is 0 Å². The van der Waals surface area contributed by atoms with Crippen LogP contribution in [0.15, 0.2) is 30.3 Å². The fourth-order valence-electron chi connectivity index (χ4n) is 3.93. The molecule has 3 heterocycles. The molecule has 0 saturated carbocycles. The second kappa shape index (κ2) is 7.94. The van der Waals surface area contributed by atoms with E-state index in [4.69, 9.17) is 4.98 Å². The smallest absolute Gasteiger partial charge is 0.229 e. The molecule has 0 amide bonds. The van der Waals surface area contributed by atoms with Crippen molar-refractivity contribution >= 4 is 23.1 Å². The van der Waals surface area contributed by atoms with Gasteiger partial charge >= 0.3 is 0 Å². The lowest BCUT2D eigenvalue weighted by molar-refractivity contribution is 0.573. The molecule has 2 fully saturated rings. The van der Waals surface area contributed by atoms with Gasteiger partial charge in [-0.25, -0.2) is 4.98 Å². The normalized spacial score (nSPS) is 18.0. The van der Waals surface area contributed by atoms with E-state index >= 15 is 0 Å². The molecule has 0 spiro atoms. The molecule has 1 aromatic heterocycles. The van der Waals surface area contributed by atoms with E-state index in [1.807, 2.05) is 6.92 Å². The van der Waals surface area contributed by atoms with Crippen molar-refractivity contribution in [2.75, 3.05) is 41.3 Å². The first-order chi connectivity index (χ1) is 12.8. The van der Waals surface area contributed by atoms with Crippen LogP contribution in [-0.2, 0) is 0 Å². The Morgan fingerprint density at radius 3 is 2.04 bits per heavy atom. The van der Waals surface area contributed by atoms with E-state index in [9.17, 15) is 0 Å². The van der Waals surface area contributed by atoms with Gasteiger partial charge in [0.15, 0.2) is 0 Å². The first-order valence-corrected chi connectivity index (χ1v) is 10.0. The second-order valence-corrected chi connectivity index (χ2v) is 7.46. The Kier molecular flexibility index (Phi) is 5.23. The quantitative estimate of drug-likeness (QED) is 0.878. The summed E-state index contributed by atoms with van der Waals surface area (Å²) in [6.45, 7) is 6.58. The Hall–Kier alpha value is -2.30. The minimum absolute atomic E-state index is 0.691. The van der Waals surface area contributed by atoms with Crippen molar-refractivity contribution in [2.45, 2.75) is 45.4 Å². The molecule has 138 valence electrons. The lowest BCUT2D eigenvalue weighted by Gasteiger charge is -2.29. The number of nitrogens with zero attached hydrogens (tertiary/aromatic N) is 4. The number of aromatic nitrogens is 2. The highest BCUT2D eigenvalue weighted by Gasteiger charge is 2.14. The highest BCUT2D eigenvalue weighted by Crippen LogP contribution is 2.24. The maximum Gasteiger partial charge on any atom is 0.229 e. The van der Waals surface area contributed by atoms with Crippen molar-refractivity contribution in [1.82, 2.24) is 9.97 Å². The van der Waals surface area contributed by atoms with Crippen LogP contribution >= 0.6 is 0 Å². The Bertz CT molecular complexity index is 716. The summed E-state index contributed by atoms with van der Waals surface area (Å²) in [5.74, 6) is 1.74. The van der Waals surface area contributed by atoms with E-state index in [1.54, 1.807) is 0 Å². The number of aryl methyl sites for hydroxylation is 1. The summed E-state index contributed by atoms with van der Waals surface area (Å²) in [6, 6.07) is 10.8. The molecule has 5 heteroatoms. The number of nitrogens with one attached hydrogen (secondary N) is 1. The Morgan fingerprint density at radius 2 is 1.38 bits per heavy atom. The second-order valence-electron chi connectivity index (χ2n) is 7.46. The van der Waals surface area contributed by atoms with E-state index in [0.717, 1.165) is 30.3 Å². The highest BCUT2D eigenvalue weighted by molar-refractivity contribution is 5.60. The fraction of sp³-hybridized carbons (Fsp3) is 0.524. The van der Waals surface area contributed by atoms with Gasteiger partial charge in [-0.1, -0.05) is 0 Å². The van der Waals surface area contributed by atoms with E-state index in [0.29, 0.717) is 5.95 Å². The van der Waals surface area contributed by atoms with E-state index in [1.165, 1.54) is 57.3 Å². The van der Waals surface area contributed by atoms with Crippen LogP contribution in [0, 0.1) is 6.92 Å². The van der Waals surface area contributed by atoms with Crippen molar-refractivity contribution in [3.05, 3.63) is 36.0 Å². The number of anilines is 4. The van der Waals surface area contributed by atoms with Gasteiger partial charge < -0.3 is 15.1 Å². The van der Waals surface area contributed by atoms with Crippen LogP contribution in [0.3, 0.4) is 0 Å². The van der Waals surface area contributed by atoms with Crippen LogP contribution in [0.5, 0.6) is 0 Å². The molecule has 1 N–H and O–H groups in total. The minimum atomic E-state index is 0.691. The lowest BCUT2D eigenvalue weighted by atomic mass is 10.1. The maximum atomic E-state index is 4.76. The summed E-state index contributed by atoms with van der Waals surface area (Å²) in [5.41, 5.74) is 3.36. The third-order valence-electron chi connectivity index (χ3n) is 5.37. The molecule has 2 saturated heterocycles. The maximum absolute atomic E-state index is 4.76. The van der Waals surface area contributed by atoms with Gasteiger partial charge in [0, 0.05) is 49.3 Å². The average molecular weight is 351 g/mol. The molecule has 2 aliphatic rings. The van der Waals surface area contributed by atoms with Crippen molar-refractivity contribution in [1.29, 1.82) is 0 Å².